The van der Waals surface area contributed by atoms with Gasteiger partial charge in [-0.1, -0.05) is 18.2 Å². The van der Waals surface area contributed by atoms with Gasteiger partial charge in [0.15, 0.2) is 11.5 Å². The minimum Gasteiger partial charge on any atom is -0.493 e. The van der Waals surface area contributed by atoms with Crippen molar-refractivity contribution in [1.82, 2.24) is 19.6 Å². The topological polar surface area (TPSA) is 42.8 Å². The molecular formula is C26H34N4O2. The number of ether oxygens (including phenoxy) is 2. The zero-order chi connectivity index (χ0) is 22.3. The molecule has 0 radical (unpaired) electrons. The summed E-state index contributed by atoms with van der Waals surface area (Å²) < 4.78 is 12.7. The van der Waals surface area contributed by atoms with Gasteiger partial charge in [0.05, 0.1) is 19.9 Å². The van der Waals surface area contributed by atoms with Crippen molar-refractivity contribution in [2.45, 2.75) is 31.8 Å². The normalized spacial score (nSPS) is 16.9. The smallest absolute Gasteiger partial charge is 0.160 e. The van der Waals surface area contributed by atoms with Crippen LogP contribution in [-0.4, -0.2) is 66.5 Å². The highest BCUT2D eigenvalue weighted by Gasteiger charge is 2.23. The molecule has 6 heteroatoms. The van der Waals surface area contributed by atoms with Crippen molar-refractivity contribution in [1.29, 1.82) is 0 Å². The number of hydrogen-bond donors (Lipinski definition) is 0. The second-order valence-electron chi connectivity index (χ2n) is 8.57. The molecule has 1 aliphatic rings. The first-order chi connectivity index (χ1) is 15.7. The Morgan fingerprint density at radius 2 is 1.91 bits per heavy atom. The van der Waals surface area contributed by atoms with Crippen molar-refractivity contribution in [3.05, 3.63) is 72.1 Å². The summed E-state index contributed by atoms with van der Waals surface area (Å²) in [6, 6.07) is 17.5. The van der Waals surface area contributed by atoms with E-state index in [0.29, 0.717) is 6.04 Å². The molecule has 0 N–H and O–H groups in total. The number of benzene rings is 2. The molecule has 0 bridgehead atoms. The van der Waals surface area contributed by atoms with Crippen LogP contribution in [0.25, 0.3) is 5.69 Å². The van der Waals surface area contributed by atoms with E-state index in [2.05, 4.69) is 58.3 Å². The quantitative estimate of drug-likeness (QED) is 0.509. The maximum Gasteiger partial charge on any atom is 0.160 e. The van der Waals surface area contributed by atoms with Crippen LogP contribution in [0.15, 0.2) is 60.9 Å². The first kappa shape index (κ1) is 22.4. The number of aromatic nitrogens is 2. The summed E-state index contributed by atoms with van der Waals surface area (Å²) in [6.45, 7) is 4.28. The lowest BCUT2D eigenvalue weighted by molar-refractivity contribution is 0.112. The third kappa shape index (κ3) is 5.50. The first-order valence-corrected chi connectivity index (χ1v) is 11.4. The maximum atomic E-state index is 5.45. The summed E-state index contributed by atoms with van der Waals surface area (Å²) in [6.07, 6.45) is 7.30. The molecule has 0 spiro atoms. The molecule has 1 aromatic heterocycles. The molecule has 0 amide bonds. The van der Waals surface area contributed by atoms with Crippen molar-refractivity contribution < 1.29 is 9.47 Å². The van der Waals surface area contributed by atoms with Gasteiger partial charge < -0.3 is 14.4 Å². The Bertz CT molecular complexity index is 989. The molecule has 2 aromatic carbocycles. The fourth-order valence-electron chi connectivity index (χ4n) is 4.54. The minimum atomic E-state index is 0.582. The van der Waals surface area contributed by atoms with Gasteiger partial charge in [0.2, 0.25) is 0 Å². The Morgan fingerprint density at radius 1 is 1.03 bits per heavy atom. The van der Waals surface area contributed by atoms with Gasteiger partial charge in [0.25, 0.3) is 0 Å². The van der Waals surface area contributed by atoms with Crippen LogP contribution in [0.5, 0.6) is 11.5 Å². The van der Waals surface area contributed by atoms with Crippen LogP contribution in [0, 0.1) is 0 Å². The molecule has 6 nitrogen and oxygen atoms in total. The molecule has 3 aromatic rings. The minimum absolute atomic E-state index is 0.582. The Morgan fingerprint density at radius 3 is 2.69 bits per heavy atom. The summed E-state index contributed by atoms with van der Waals surface area (Å²) in [5.41, 5.74) is 3.73. The molecular weight excluding hydrogens is 400 g/mol. The van der Waals surface area contributed by atoms with Gasteiger partial charge in [-0.3, -0.25) is 4.90 Å². The average molecular weight is 435 g/mol. The van der Waals surface area contributed by atoms with Crippen LogP contribution >= 0.6 is 0 Å². The lowest BCUT2D eigenvalue weighted by atomic mass is 10.0. The zero-order valence-electron chi connectivity index (χ0n) is 19.4. The van der Waals surface area contributed by atoms with Gasteiger partial charge in [0.1, 0.15) is 0 Å². The van der Waals surface area contributed by atoms with E-state index < -0.39 is 0 Å². The number of nitrogens with zero attached hydrogens (tertiary/aromatic N) is 4. The molecule has 4 rings (SSSR count). The highest BCUT2D eigenvalue weighted by atomic mass is 16.5. The molecule has 0 aliphatic carbocycles. The Labute approximate surface area is 191 Å². The third-order valence-electron chi connectivity index (χ3n) is 6.39. The molecule has 0 unspecified atom stereocenters. The molecule has 1 saturated heterocycles. The van der Waals surface area contributed by atoms with E-state index in [4.69, 9.17) is 9.47 Å². The van der Waals surface area contributed by atoms with Crippen molar-refractivity contribution in [2.75, 3.05) is 40.9 Å². The third-order valence-corrected chi connectivity index (χ3v) is 6.39. The van der Waals surface area contributed by atoms with Gasteiger partial charge in [0, 0.05) is 38.1 Å². The van der Waals surface area contributed by atoms with Crippen LogP contribution in [0.3, 0.4) is 0 Å². The molecule has 0 saturated carbocycles. The highest BCUT2D eigenvalue weighted by Crippen LogP contribution is 2.28. The largest absolute Gasteiger partial charge is 0.493 e. The maximum absolute atomic E-state index is 5.45. The van der Waals surface area contributed by atoms with E-state index in [9.17, 15) is 0 Å². The van der Waals surface area contributed by atoms with Gasteiger partial charge >= 0.3 is 0 Å². The fourth-order valence-corrected chi connectivity index (χ4v) is 4.54. The lowest BCUT2D eigenvalue weighted by Crippen LogP contribution is -2.46. The van der Waals surface area contributed by atoms with E-state index in [1.165, 1.54) is 24.0 Å². The van der Waals surface area contributed by atoms with E-state index >= 15 is 0 Å². The monoisotopic (exact) mass is 434 g/mol. The molecule has 32 heavy (non-hydrogen) atoms. The summed E-state index contributed by atoms with van der Waals surface area (Å²) in [5.74, 6) is 1.58. The predicted molar refractivity (Wildman–Crippen MR) is 128 cm³/mol. The number of hydrogen-bond acceptors (Lipinski definition) is 5. The van der Waals surface area contributed by atoms with Crippen molar-refractivity contribution >= 4 is 0 Å². The Kier molecular flexibility index (Phi) is 7.45. The van der Waals surface area contributed by atoms with E-state index in [1.807, 2.05) is 29.2 Å². The van der Waals surface area contributed by atoms with Crippen LogP contribution in [0.1, 0.15) is 24.0 Å². The fraction of sp³-hybridized carbons (Fsp3) is 0.423. The highest BCUT2D eigenvalue weighted by molar-refractivity contribution is 5.43. The SMILES string of the molecule is COc1ccc(CCN(C)[C@H]2CCCN(Cc3cccc(-n4cccn4)c3)C2)cc1OC. The second-order valence-corrected chi connectivity index (χ2v) is 8.57. The average Bonchev–Trinajstić information content (AvgIpc) is 3.38. The standard InChI is InChI=1S/C26H34N4O2/c1-28(16-12-21-10-11-25(31-2)26(18-21)32-3)24-9-5-14-29(20-24)19-22-7-4-8-23(17-22)30-15-6-13-27-30/h4,6-8,10-11,13,15,17-18,24H,5,9,12,14,16,19-20H2,1-3H3/t24-/m0/s1. The summed E-state index contributed by atoms with van der Waals surface area (Å²) >= 11 is 0. The molecule has 170 valence electrons. The lowest BCUT2D eigenvalue weighted by Gasteiger charge is -2.37. The summed E-state index contributed by atoms with van der Waals surface area (Å²) in [4.78, 5) is 5.10. The van der Waals surface area contributed by atoms with Crippen LogP contribution in [-0.2, 0) is 13.0 Å². The van der Waals surface area contributed by atoms with Crippen LogP contribution in [0.4, 0.5) is 0 Å². The van der Waals surface area contributed by atoms with Crippen LogP contribution < -0.4 is 9.47 Å². The van der Waals surface area contributed by atoms with Crippen molar-refractivity contribution in [2.24, 2.45) is 0 Å². The first-order valence-electron chi connectivity index (χ1n) is 11.4. The van der Waals surface area contributed by atoms with E-state index in [-0.39, 0.29) is 0 Å². The van der Waals surface area contributed by atoms with Crippen molar-refractivity contribution in [3.63, 3.8) is 0 Å². The Balaban J connectivity index is 1.32. The Hall–Kier alpha value is -2.83. The van der Waals surface area contributed by atoms with Gasteiger partial charge in [-0.15, -0.1) is 0 Å². The number of methoxy groups -OCH3 is 2. The number of likely N-dealkylation sites (tertiary alicyclic amines) is 1. The zero-order valence-corrected chi connectivity index (χ0v) is 19.4. The molecule has 1 aliphatic heterocycles. The predicted octanol–water partition coefficient (Wildman–Crippen LogP) is 4.03. The molecule has 1 fully saturated rings. The summed E-state index contributed by atoms with van der Waals surface area (Å²) in [7, 11) is 5.62. The van der Waals surface area contributed by atoms with Gasteiger partial charge in [-0.2, -0.15) is 5.10 Å². The van der Waals surface area contributed by atoms with Crippen molar-refractivity contribution in [3.8, 4) is 17.2 Å². The second kappa shape index (κ2) is 10.7. The summed E-state index contributed by atoms with van der Waals surface area (Å²) in [5, 5.41) is 4.36. The molecule has 1 atom stereocenters. The van der Waals surface area contributed by atoms with E-state index in [1.54, 1.807) is 14.2 Å². The number of rotatable bonds is 9. The molecule has 2 heterocycles. The van der Waals surface area contributed by atoms with Gasteiger partial charge in [-0.25, -0.2) is 4.68 Å². The van der Waals surface area contributed by atoms with Crippen LogP contribution in [0.2, 0.25) is 0 Å². The number of piperidine rings is 1. The number of likely N-dealkylation sites (N-methyl/N-ethyl adjacent to an activating group) is 1. The van der Waals surface area contributed by atoms with E-state index in [0.717, 1.165) is 49.8 Å². The van der Waals surface area contributed by atoms with Gasteiger partial charge in [-0.05, 0) is 74.3 Å².